The summed E-state index contributed by atoms with van der Waals surface area (Å²) in [6.07, 6.45) is 0. The lowest BCUT2D eigenvalue weighted by Gasteiger charge is -2.21. The zero-order chi connectivity index (χ0) is 24.6. The molecule has 1 aromatic heterocycles. The van der Waals surface area contributed by atoms with Gasteiger partial charge in [-0.15, -0.1) is 0 Å². The van der Waals surface area contributed by atoms with Crippen LogP contribution in [0.25, 0.3) is 5.57 Å². The van der Waals surface area contributed by atoms with Gasteiger partial charge in [0.05, 0.1) is 19.8 Å². The Morgan fingerprint density at radius 3 is 2.29 bits per heavy atom. The van der Waals surface area contributed by atoms with E-state index >= 15 is 0 Å². The molecule has 2 aromatic carbocycles. The predicted molar refractivity (Wildman–Crippen MR) is 126 cm³/mol. The second-order valence-electron chi connectivity index (χ2n) is 8.94. The average Bonchev–Trinajstić information content (AvgIpc) is 3.41. The van der Waals surface area contributed by atoms with Crippen LogP contribution >= 0.6 is 0 Å². The minimum Gasteiger partial charge on any atom is -0.509 e. The number of rotatable bonds is 6. The number of Topliss-reactive ketones (excluding diaryl/α,β-unsaturated/α-hetero) is 1. The molecule has 0 bridgehead atoms. The summed E-state index contributed by atoms with van der Waals surface area (Å²) in [5.41, 5.74) is 0.350. The molecule has 1 atom stereocenters. The minimum absolute atomic E-state index is 0.0180. The maximum atomic E-state index is 13.7. The summed E-state index contributed by atoms with van der Waals surface area (Å²) in [5.74, 6) is 0.152. The molecule has 0 unspecified atom stereocenters. The maximum absolute atomic E-state index is 13.7. The van der Waals surface area contributed by atoms with Crippen molar-refractivity contribution in [2.45, 2.75) is 32.2 Å². The van der Waals surface area contributed by atoms with Crippen molar-refractivity contribution in [3.8, 4) is 11.5 Å². The summed E-state index contributed by atoms with van der Waals surface area (Å²) < 4.78 is 16.1. The van der Waals surface area contributed by atoms with E-state index in [1.807, 2.05) is 20.8 Å². The van der Waals surface area contributed by atoms with Crippen LogP contribution in [-0.2, 0) is 10.2 Å². The molecular formula is C26H26N2O6. The molecule has 3 aromatic rings. The molecule has 0 saturated carbocycles. The van der Waals surface area contributed by atoms with Crippen molar-refractivity contribution >= 4 is 23.1 Å². The molecule has 0 fully saturated rings. The molecule has 0 saturated heterocycles. The van der Waals surface area contributed by atoms with Gasteiger partial charge >= 0.3 is 0 Å². The Balaban J connectivity index is 1.86. The number of hydrogen-bond acceptors (Lipinski definition) is 7. The van der Waals surface area contributed by atoms with E-state index in [0.717, 1.165) is 0 Å². The van der Waals surface area contributed by atoms with Gasteiger partial charge in [-0.3, -0.25) is 14.5 Å². The summed E-state index contributed by atoms with van der Waals surface area (Å²) in [6.45, 7) is 5.83. The third kappa shape index (κ3) is 3.91. The molecule has 34 heavy (non-hydrogen) atoms. The number of hydrogen-bond donors (Lipinski definition) is 1. The Bertz CT molecular complexity index is 1270. The molecule has 4 rings (SSSR count). The number of aliphatic hydroxyl groups excluding tert-OH is 1. The number of carbonyl (C=O) groups excluding carboxylic acids is 2. The molecule has 176 valence electrons. The van der Waals surface area contributed by atoms with Gasteiger partial charge in [-0.2, -0.15) is 0 Å². The Morgan fingerprint density at radius 2 is 1.71 bits per heavy atom. The lowest BCUT2D eigenvalue weighted by Crippen LogP contribution is -2.41. The monoisotopic (exact) mass is 462 g/mol. The van der Waals surface area contributed by atoms with Gasteiger partial charge in [0.2, 0.25) is 0 Å². The van der Waals surface area contributed by atoms with E-state index in [-0.39, 0.29) is 22.6 Å². The largest absolute Gasteiger partial charge is 0.509 e. The van der Waals surface area contributed by atoms with Gasteiger partial charge in [-0.25, -0.2) is 0 Å². The van der Waals surface area contributed by atoms with Crippen LogP contribution in [0.1, 0.15) is 42.5 Å². The third-order valence-electron chi connectivity index (χ3n) is 5.67. The van der Waals surface area contributed by atoms with Gasteiger partial charge in [0.1, 0.15) is 11.5 Å². The molecule has 0 aliphatic carbocycles. The number of ketones is 1. The van der Waals surface area contributed by atoms with Crippen molar-refractivity contribution in [1.29, 1.82) is 0 Å². The third-order valence-corrected chi connectivity index (χ3v) is 5.67. The highest BCUT2D eigenvalue weighted by Gasteiger charge is 2.47. The topological polar surface area (TPSA) is 102 Å². The van der Waals surface area contributed by atoms with E-state index in [1.54, 1.807) is 54.6 Å². The Hall–Kier alpha value is -4.07. The second-order valence-corrected chi connectivity index (χ2v) is 8.94. The number of nitrogens with zero attached hydrogens (tertiary/aromatic N) is 2. The van der Waals surface area contributed by atoms with Gasteiger partial charge in [0.25, 0.3) is 5.91 Å². The molecule has 8 nitrogen and oxygen atoms in total. The number of benzene rings is 2. The van der Waals surface area contributed by atoms with Crippen LogP contribution in [0.4, 0.5) is 5.82 Å². The number of methoxy groups -OCH3 is 2. The zero-order valence-electron chi connectivity index (χ0n) is 19.7. The molecular weight excluding hydrogens is 436 g/mol. The van der Waals surface area contributed by atoms with Crippen LogP contribution in [0.3, 0.4) is 0 Å². The number of anilines is 1. The minimum atomic E-state index is -1.30. The lowest BCUT2D eigenvalue weighted by atomic mass is 9.93. The smallest absolute Gasteiger partial charge is 0.264 e. The quantitative estimate of drug-likeness (QED) is 0.536. The van der Waals surface area contributed by atoms with Gasteiger partial charge in [0.15, 0.2) is 29.1 Å². The van der Waals surface area contributed by atoms with Crippen LogP contribution < -0.4 is 14.4 Å². The first-order valence-corrected chi connectivity index (χ1v) is 10.7. The van der Waals surface area contributed by atoms with Gasteiger partial charge in [0, 0.05) is 17.0 Å². The molecule has 1 aliphatic heterocycles. The Morgan fingerprint density at radius 1 is 1.03 bits per heavy atom. The number of ether oxygens (including phenoxy) is 2. The van der Waals surface area contributed by atoms with Crippen LogP contribution in [0.15, 0.2) is 64.9 Å². The van der Waals surface area contributed by atoms with Crippen LogP contribution in [-0.4, -0.2) is 42.2 Å². The number of amides is 1. The van der Waals surface area contributed by atoms with Crippen LogP contribution in [0, 0.1) is 0 Å². The highest BCUT2D eigenvalue weighted by molar-refractivity contribution is 6.33. The van der Waals surface area contributed by atoms with E-state index < -0.39 is 17.7 Å². The fourth-order valence-corrected chi connectivity index (χ4v) is 3.84. The van der Waals surface area contributed by atoms with Crippen molar-refractivity contribution in [2.24, 2.45) is 0 Å². The van der Waals surface area contributed by atoms with E-state index in [2.05, 4.69) is 5.16 Å². The SMILES string of the molecule is COc1ccc(C2=C(O)[C@@H](C(=O)c3ccccc3)N(c3cc(C(C)(C)C)on3)C2=O)cc1OC. The van der Waals surface area contributed by atoms with Gasteiger partial charge < -0.3 is 19.1 Å². The Kier molecular flexibility index (Phi) is 5.91. The highest BCUT2D eigenvalue weighted by atomic mass is 16.5. The molecule has 1 amide bonds. The van der Waals surface area contributed by atoms with E-state index in [9.17, 15) is 14.7 Å². The standard InChI is InChI=1S/C26H26N2O6/c1-26(2,3)19-14-20(27-34-19)28-22(23(29)15-9-7-6-8-10-15)24(30)21(25(28)31)16-11-12-17(32-4)18(13-16)33-5/h6-14,22,30H,1-5H3/t22-/m1/s1. The van der Waals surface area contributed by atoms with Crippen molar-refractivity contribution in [3.63, 3.8) is 0 Å². The number of aliphatic hydroxyl groups is 1. The zero-order valence-corrected chi connectivity index (χ0v) is 19.7. The second kappa shape index (κ2) is 8.70. The lowest BCUT2D eigenvalue weighted by molar-refractivity contribution is -0.113. The summed E-state index contributed by atoms with van der Waals surface area (Å²) in [5, 5.41) is 15.3. The first kappa shape index (κ1) is 23.1. The highest BCUT2D eigenvalue weighted by Crippen LogP contribution is 2.40. The van der Waals surface area contributed by atoms with Gasteiger partial charge in [-0.05, 0) is 17.7 Å². The summed E-state index contributed by atoms with van der Waals surface area (Å²) >= 11 is 0. The summed E-state index contributed by atoms with van der Waals surface area (Å²) in [4.78, 5) is 28.4. The fraction of sp³-hybridized carbons (Fsp3) is 0.269. The number of carbonyl (C=O) groups is 2. The Labute approximate surface area is 197 Å². The molecule has 2 heterocycles. The van der Waals surface area contributed by atoms with E-state index in [4.69, 9.17) is 14.0 Å². The van der Waals surface area contributed by atoms with E-state index in [1.165, 1.54) is 19.1 Å². The molecule has 0 spiro atoms. The summed E-state index contributed by atoms with van der Waals surface area (Å²) in [6, 6.07) is 13.7. The molecule has 8 heteroatoms. The number of aromatic nitrogens is 1. The van der Waals surface area contributed by atoms with E-state index in [0.29, 0.717) is 28.4 Å². The first-order valence-electron chi connectivity index (χ1n) is 10.7. The fourth-order valence-electron chi connectivity index (χ4n) is 3.84. The van der Waals surface area contributed by atoms with Crippen molar-refractivity contribution in [1.82, 2.24) is 5.16 Å². The van der Waals surface area contributed by atoms with Crippen LogP contribution in [0.5, 0.6) is 11.5 Å². The van der Waals surface area contributed by atoms with Crippen molar-refractivity contribution < 1.29 is 28.7 Å². The summed E-state index contributed by atoms with van der Waals surface area (Å²) in [7, 11) is 2.98. The first-order chi connectivity index (χ1) is 16.2. The predicted octanol–water partition coefficient (Wildman–Crippen LogP) is 4.56. The molecule has 1 aliphatic rings. The average molecular weight is 463 g/mol. The van der Waals surface area contributed by atoms with Crippen molar-refractivity contribution in [3.05, 3.63) is 77.2 Å². The molecule has 0 radical (unpaired) electrons. The normalized spacial score (nSPS) is 16.2. The maximum Gasteiger partial charge on any atom is 0.264 e. The van der Waals surface area contributed by atoms with Gasteiger partial charge in [-0.1, -0.05) is 62.3 Å². The van der Waals surface area contributed by atoms with Crippen molar-refractivity contribution in [2.75, 3.05) is 19.1 Å². The molecule has 1 N–H and O–H groups in total. The van der Waals surface area contributed by atoms with Crippen LogP contribution in [0.2, 0.25) is 0 Å².